The van der Waals surface area contributed by atoms with Gasteiger partial charge in [-0.05, 0) is 71.8 Å². The second kappa shape index (κ2) is 10.8. The number of unbranched alkanes of at least 4 members (excludes halogenated alkanes) is 1. The van der Waals surface area contributed by atoms with Gasteiger partial charge in [-0.15, -0.1) is 0 Å². The minimum atomic E-state index is -4.42. The van der Waals surface area contributed by atoms with Crippen molar-refractivity contribution in [2.45, 2.75) is 44.8 Å². The first-order chi connectivity index (χ1) is 17.2. The van der Waals surface area contributed by atoms with Crippen LogP contribution in [0, 0.1) is 0 Å². The fourth-order valence-electron chi connectivity index (χ4n) is 4.38. The summed E-state index contributed by atoms with van der Waals surface area (Å²) in [6.07, 6.45) is -1.08. The number of fused-ring (bicyclic) bond motifs is 1. The van der Waals surface area contributed by atoms with E-state index >= 15 is 0 Å². The number of urea groups is 1. The summed E-state index contributed by atoms with van der Waals surface area (Å²) in [6, 6.07) is 17.1. The third-order valence-electron chi connectivity index (χ3n) is 6.24. The Balaban J connectivity index is 1.44. The van der Waals surface area contributed by atoms with Crippen LogP contribution in [-0.2, 0) is 19.0 Å². The van der Waals surface area contributed by atoms with Crippen molar-refractivity contribution in [3.63, 3.8) is 0 Å². The monoisotopic (exact) mass is 495 g/mol. The molecule has 1 atom stereocenters. The molecule has 0 saturated heterocycles. The Kier molecular flexibility index (Phi) is 7.62. The molecule has 5 nitrogen and oxygen atoms in total. The van der Waals surface area contributed by atoms with Gasteiger partial charge in [0.05, 0.1) is 5.56 Å². The quantitative estimate of drug-likeness (QED) is 0.342. The van der Waals surface area contributed by atoms with Crippen LogP contribution in [0.25, 0.3) is 11.1 Å². The lowest BCUT2D eigenvalue weighted by molar-refractivity contribution is -0.137. The fourth-order valence-corrected chi connectivity index (χ4v) is 4.38. The van der Waals surface area contributed by atoms with Gasteiger partial charge in [0.25, 0.3) is 5.91 Å². The Morgan fingerprint density at radius 3 is 2.39 bits per heavy atom. The molecule has 1 unspecified atom stereocenters. The van der Waals surface area contributed by atoms with E-state index in [9.17, 15) is 22.8 Å². The number of hydrogen-bond donors (Lipinski definition) is 3. The summed E-state index contributed by atoms with van der Waals surface area (Å²) >= 11 is 0. The van der Waals surface area contributed by atoms with Crippen LogP contribution >= 0.6 is 0 Å². The third kappa shape index (κ3) is 6.05. The molecule has 0 bridgehead atoms. The molecule has 4 rings (SSSR count). The molecule has 3 N–H and O–H groups in total. The molecule has 0 radical (unpaired) electrons. The Hall–Kier alpha value is -3.81. The van der Waals surface area contributed by atoms with Crippen LogP contribution in [0.2, 0.25) is 0 Å². The number of amides is 3. The number of benzene rings is 3. The van der Waals surface area contributed by atoms with Gasteiger partial charge in [-0.1, -0.05) is 49.7 Å². The first-order valence-corrected chi connectivity index (χ1v) is 12.0. The number of carbonyl (C=O) groups is 2. The van der Waals surface area contributed by atoms with Crippen LogP contribution in [0.15, 0.2) is 66.7 Å². The fraction of sp³-hybridized carbons (Fsp3) is 0.286. The standard InChI is InChI=1S/C28H28F3N3O2/c1-2-3-14-32-27(36)34-23-15-19-10-13-22(16-20(19)17-23)33-26(35)25-7-5-4-6-24(25)18-8-11-21(12-9-18)28(29,30)31/h4-13,16,23H,2-3,14-15,17H2,1H3,(H,33,35)(H2,32,34,36). The SMILES string of the molecule is CCCCNC(=O)NC1Cc2ccc(NC(=O)c3ccccc3-c3ccc(C(F)(F)F)cc3)cc2C1. The molecule has 0 aromatic heterocycles. The van der Waals surface area contributed by atoms with Crippen molar-refractivity contribution in [3.05, 3.63) is 89.0 Å². The molecule has 3 amide bonds. The van der Waals surface area contributed by atoms with Gasteiger partial charge in [0.2, 0.25) is 0 Å². The third-order valence-corrected chi connectivity index (χ3v) is 6.24. The predicted octanol–water partition coefficient (Wildman–Crippen LogP) is 6.19. The van der Waals surface area contributed by atoms with E-state index in [1.165, 1.54) is 12.1 Å². The Labute approximate surface area is 208 Å². The predicted molar refractivity (Wildman–Crippen MR) is 134 cm³/mol. The maximum absolute atomic E-state index is 13.1. The minimum absolute atomic E-state index is 0.00651. The molecule has 0 saturated carbocycles. The molecular formula is C28H28F3N3O2. The van der Waals surface area contributed by atoms with Crippen molar-refractivity contribution in [2.75, 3.05) is 11.9 Å². The van der Waals surface area contributed by atoms with Gasteiger partial charge in [-0.3, -0.25) is 4.79 Å². The van der Waals surface area contributed by atoms with E-state index in [4.69, 9.17) is 0 Å². The van der Waals surface area contributed by atoms with E-state index in [1.807, 2.05) is 18.2 Å². The summed E-state index contributed by atoms with van der Waals surface area (Å²) < 4.78 is 38.8. The van der Waals surface area contributed by atoms with Gasteiger partial charge in [-0.25, -0.2) is 4.79 Å². The largest absolute Gasteiger partial charge is 0.416 e. The molecule has 8 heteroatoms. The van der Waals surface area contributed by atoms with Crippen LogP contribution in [-0.4, -0.2) is 24.5 Å². The van der Waals surface area contributed by atoms with Gasteiger partial charge in [0, 0.05) is 23.8 Å². The molecule has 3 aromatic carbocycles. The highest BCUT2D eigenvalue weighted by atomic mass is 19.4. The van der Waals surface area contributed by atoms with E-state index in [2.05, 4.69) is 22.9 Å². The number of nitrogens with one attached hydrogen (secondary N) is 3. The van der Waals surface area contributed by atoms with E-state index in [0.29, 0.717) is 35.3 Å². The summed E-state index contributed by atoms with van der Waals surface area (Å²) in [5.74, 6) is -0.353. The maximum Gasteiger partial charge on any atom is 0.416 e. The molecule has 0 spiro atoms. The van der Waals surface area contributed by atoms with Crippen LogP contribution in [0.3, 0.4) is 0 Å². The normalized spacial score (nSPS) is 14.7. The van der Waals surface area contributed by atoms with Crippen molar-refractivity contribution >= 4 is 17.6 Å². The van der Waals surface area contributed by atoms with Crippen molar-refractivity contribution in [1.29, 1.82) is 0 Å². The Morgan fingerprint density at radius 2 is 1.67 bits per heavy atom. The average Bonchev–Trinajstić information content (AvgIpc) is 3.25. The van der Waals surface area contributed by atoms with E-state index in [-0.39, 0.29) is 18.0 Å². The lowest BCUT2D eigenvalue weighted by atomic mass is 9.98. The van der Waals surface area contributed by atoms with Crippen LogP contribution in [0.1, 0.15) is 46.8 Å². The highest BCUT2D eigenvalue weighted by Crippen LogP contribution is 2.32. The summed E-state index contributed by atoms with van der Waals surface area (Å²) in [5.41, 5.74) is 3.49. The topological polar surface area (TPSA) is 70.2 Å². The second-order valence-electron chi connectivity index (χ2n) is 8.92. The summed E-state index contributed by atoms with van der Waals surface area (Å²) in [7, 11) is 0. The highest BCUT2D eigenvalue weighted by molar-refractivity contribution is 6.08. The van der Waals surface area contributed by atoms with Gasteiger partial charge in [0.1, 0.15) is 0 Å². The lowest BCUT2D eigenvalue weighted by Gasteiger charge is -2.13. The van der Waals surface area contributed by atoms with Crippen molar-refractivity contribution < 1.29 is 22.8 Å². The van der Waals surface area contributed by atoms with Crippen molar-refractivity contribution in [1.82, 2.24) is 10.6 Å². The van der Waals surface area contributed by atoms with E-state index in [0.717, 1.165) is 42.5 Å². The van der Waals surface area contributed by atoms with Crippen LogP contribution in [0.4, 0.5) is 23.7 Å². The van der Waals surface area contributed by atoms with E-state index < -0.39 is 11.7 Å². The lowest BCUT2D eigenvalue weighted by Crippen LogP contribution is -2.42. The number of anilines is 1. The van der Waals surface area contributed by atoms with Crippen LogP contribution in [0.5, 0.6) is 0 Å². The number of alkyl halides is 3. The highest BCUT2D eigenvalue weighted by Gasteiger charge is 2.30. The zero-order valence-electron chi connectivity index (χ0n) is 19.9. The molecular weight excluding hydrogens is 467 g/mol. The molecule has 0 heterocycles. The number of halogens is 3. The molecule has 0 fully saturated rings. The average molecular weight is 496 g/mol. The second-order valence-corrected chi connectivity index (χ2v) is 8.92. The molecule has 1 aliphatic carbocycles. The zero-order chi connectivity index (χ0) is 25.7. The Morgan fingerprint density at radius 1 is 0.944 bits per heavy atom. The van der Waals surface area contributed by atoms with Gasteiger partial charge < -0.3 is 16.0 Å². The summed E-state index contributed by atoms with van der Waals surface area (Å²) in [4.78, 5) is 25.2. The first kappa shape index (κ1) is 25.3. The number of carbonyl (C=O) groups excluding carboxylic acids is 2. The Bertz CT molecular complexity index is 1240. The van der Waals surface area contributed by atoms with Gasteiger partial charge >= 0.3 is 12.2 Å². The van der Waals surface area contributed by atoms with E-state index in [1.54, 1.807) is 24.3 Å². The molecule has 188 valence electrons. The van der Waals surface area contributed by atoms with Crippen LogP contribution < -0.4 is 16.0 Å². The molecule has 3 aromatic rings. The maximum atomic E-state index is 13.1. The van der Waals surface area contributed by atoms with Crippen molar-refractivity contribution in [3.8, 4) is 11.1 Å². The molecule has 36 heavy (non-hydrogen) atoms. The van der Waals surface area contributed by atoms with Gasteiger partial charge in [0.15, 0.2) is 0 Å². The number of rotatable bonds is 7. The first-order valence-electron chi connectivity index (χ1n) is 12.0. The summed E-state index contributed by atoms with van der Waals surface area (Å²) in [5, 5.41) is 8.77. The smallest absolute Gasteiger partial charge is 0.338 e. The van der Waals surface area contributed by atoms with Gasteiger partial charge in [-0.2, -0.15) is 13.2 Å². The zero-order valence-corrected chi connectivity index (χ0v) is 19.9. The number of hydrogen-bond acceptors (Lipinski definition) is 2. The minimum Gasteiger partial charge on any atom is -0.338 e. The summed E-state index contributed by atoms with van der Waals surface area (Å²) in [6.45, 7) is 2.71. The molecule has 0 aliphatic heterocycles. The van der Waals surface area contributed by atoms with Crippen molar-refractivity contribution in [2.24, 2.45) is 0 Å². The molecule has 1 aliphatic rings.